The third-order valence-corrected chi connectivity index (χ3v) is 3.39. The number of halogens is 3. The van der Waals surface area contributed by atoms with Crippen LogP contribution in [0.2, 0.25) is 0 Å². The molecule has 0 aliphatic heterocycles. The van der Waals surface area contributed by atoms with Gasteiger partial charge in [0, 0.05) is 11.6 Å². The second kappa shape index (κ2) is 5.59. The Hall–Kier alpha value is -1.26. The zero-order valence-electron chi connectivity index (χ0n) is 9.54. The van der Waals surface area contributed by atoms with Gasteiger partial charge in [-0.3, -0.25) is 0 Å². The van der Waals surface area contributed by atoms with Crippen molar-refractivity contribution >= 4 is 15.9 Å². The lowest BCUT2D eigenvalue weighted by atomic mass is 9.99. The third kappa shape index (κ3) is 2.76. The zero-order valence-corrected chi connectivity index (χ0v) is 11.1. The fourth-order valence-electron chi connectivity index (χ4n) is 1.82. The van der Waals surface area contributed by atoms with Gasteiger partial charge in [-0.1, -0.05) is 30.3 Å². The molecule has 0 amide bonds. The van der Waals surface area contributed by atoms with E-state index in [-0.39, 0.29) is 18.1 Å². The highest BCUT2D eigenvalue weighted by Crippen LogP contribution is 2.25. The van der Waals surface area contributed by atoms with Crippen LogP contribution in [0.25, 0.3) is 0 Å². The molecule has 18 heavy (non-hydrogen) atoms. The van der Waals surface area contributed by atoms with E-state index in [0.29, 0.717) is 15.6 Å². The van der Waals surface area contributed by atoms with Crippen LogP contribution in [0.4, 0.5) is 8.78 Å². The summed E-state index contributed by atoms with van der Waals surface area (Å²) in [6, 6.07) is 10.8. The summed E-state index contributed by atoms with van der Waals surface area (Å²) in [5.41, 5.74) is 6.81. The summed E-state index contributed by atoms with van der Waals surface area (Å²) in [6.07, 6.45) is 0.264. The minimum atomic E-state index is -0.570. The topological polar surface area (TPSA) is 26.0 Å². The van der Waals surface area contributed by atoms with Crippen molar-refractivity contribution in [2.24, 2.45) is 5.73 Å². The van der Waals surface area contributed by atoms with E-state index in [0.717, 1.165) is 0 Å². The van der Waals surface area contributed by atoms with Crippen LogP contribution in [0.15, 0.2) is 46.9 Å². The maximum absolute atomic E-state index is 13.8. The zero-order chi connectivity index (χ0) is 13.1. The van der Waals surface area contributed by atoms with Gasteiger partial charge in [-0.05, 0) is 40.0 Å². The predicted molar refractivity (Wildman–Crippen MR) is 71.1 cm³/mol. The highest BCUT2D eigenvalue weighted by atomic mass is 79.9. The number of hydrogen-bond acceptors (Lipinski definition) is 1. The maximum Gasteiger partial charge on any atom is 0.142 e. The Morgan fingerprint density at radius 1 is 1.06 bits per heavy atom. The van der Waals surface area contributed by atoms with Crippen LogP contribution in [0, 0.1) is 11.6 Å². The normalized spacial score (nSPS) is 12.4. The van der Waals surface area contributed by atoms with Crippen LogP contribution in [0.5, 0.6) is 0 Å². The van der Waals surface area contributed by atoms with Crippen LogP contribution >= 0.6 is 15.9 Å². The van der Waals surface area contributed by atoms with Crippen molar-refractivity contribution in [2.45, 2.75) is 12.5 Å². The van der Waals surface area contributed by atoms with Crippen molar-refractivity contribution in [3.8, 4) is 0 Å². The van der Waals surface area contributed by atoms with Gasteiger partial charge in [0.15, 0.2) is 0 Å². The van der Waals surface area contributed by atoms with Gasteiger partial charge >= 0.3 is 0 Å². The van der Waals surface area contributed by atoms with Gasteiger partial charge in [-0.2, -0.15) is 0 Å². The molecule has 0 aliphatic rings. The molecule has 0 aliphatic carbocycles. The maximum atomic E-state index is 13.8. The van der Waals surface area contributed by atoms with Gasteiger partial charge in [0.05, 0.1) is 4.47 Å². The quantitative estimate of drug-likeness (QED) is 0.912. The summed E-state index contributed by atoms with van der Waals surface area (Å²) in [4.78, 5) is 0. The van der Waals surface area contributed by atoms with Crippen LogP contribution in [0.1, 0.15) is 17.2 Å². The Morgan fingerprint density at radius 3 is 2.50 bits per heavy atom. The number of rotatable bonds is 3. The molecule has 1 unspecified atom stereocenters. The molecule has 1 atom stereocenters. The molecule has 0 heterocycles. The first-order chi connectivity index (χ1) is 8.59. The first-order valence-electron chi connectivity index (χ1n) is 5.52. The molecule has 94 valence electrons. The molecular weight excluding hydrogens is 300 g/mol. The number of benzene rings is 2. The van der Waals surface area contributed by atoms with E-state index in [1.54, 1.807) is 36.4 Å². The number of nitrogens with two attached hydrogens (primary N) is 1. The highest BCUT2D eigenvalue weighted by molar-refractivity contribution is 9.10. The molecule has 0 saturated heterocycles. The van der Waals surface area contributed by atoms with E-state index < -0.39 is 6.04 Å². The lowest BCUT2D eigenvalue weighted by Gasteiger charge is -2.14. The first-order valence-corrected chi connectivity index (χ1v) is 6.32. The number of hydrogen-bond donors (Lipinski definition) is 1. The van der Waals surface area contributed by atoms with Crippen molar-refractivity contribution < 1.29 is 8.78 Å². The lowest BCUT2D eigenvalue weighted by Crippen LogP contribution is -2.16. The van der Waals surface area contributed by atoms with E-state index in [4.69, 9.17) is 5.73 Å². The fraction of sp³-hybridized carbons (Fsp3) is 0.143. The molecule has 0 radical (unpaired) electrons. The summed E-state index contributed by atoms with van der Waals surface area (Å²) in [5.74, 6) is -0.704. The van der Waals surface area contributed by atoms with E-state index in [9.17, 15) is 8.78 Å². The van der Waals surface area contributed by atoms with E-state index in [1.807, 2.05) is 0 Å². The van der Waals surface area contributed by atoms with Crippen molar-refractivity contribution in [3.05, 3.63) is 69.7 Å². The van der Waals surface area contributed by atoms with Crippen molar-refractivity contribution in [1.29, 1.82) is 0 Å². The summed E-state index contributed by atoms with van der Waals surface area (Å²) in [5, 5.41) is 0. The Kier molecular flexibility index (Phi) is 4.09. The van der Waals surface area contributed by atoms with Gasteiger partial charge in [-0.15, -0.1) is 0 Å². The fourth-order valence-corrected chi connectivity index (χ4v) is 2.20. The Morgan fingerprint density at radius 2 is 1.78 bits per heavy atom. The molecule has 0 saturated carbocycles. The second-order valence-electron chi connectivity index (χ2n) is 4.05. The van der Waals surface area contributed by atoms with Crippen LogP contribution in [-0.4, -0.2) is 0 Å². The molecule has 0 bridgehead atoms. The summed E-state index contributed by atoms with van der Waals surface area (Å²) < 4.78 is 27.7. The molecule has 0 fully saturated rings. The van der Waals surface area contributed by atoms with Crippen molar-refractivity contribution in [2.75, 3.05) is 0 Å². The second-order valence-corrected chi connectivity index (χ2v) is 4.90. The van der Waals surface area contributed by atoms with Gasteiger partial charge in [0.2, 0.25) is 0 Å². The highest BCUT2D eigenvalue weighted by Gasteiger charge is 2.15. The third-order valence-electron chi connectivity index (χ3n) is 2.78. The van der Waals surface area contributed by atoms with Crippen LogP contribution in [0.3, 0.4) is 0 Å². The van der Waals surface area contributed by atoms with E-state index in [2.05, 4.69) is 15.9 Å². The molecule has 4 heteroatoms. The smallest absolute Gasteiger partial charge is 0.142 e. The molecule has 2 aromatic carbocycles. The molecule has 2 rings (SSSR count). The summed E-state index contributed by atoms with van der Waals surface area (Å²) in [7, 11) is 0. The minimum absolute atomic E-state index is 0.264. The predicted octanol–water partition coefficient (Wildman–Crippen LogP) is 3.97. The van der Waals surface area contributed by atoms with Crippen LogP contribution < -0.4 is 5.73 Å². The molecule has 0 spiro atoms. The minimum Gasteiger partial charge on any atom is -0.324 e. The van der Waals surface area contributed by atoms with Gasteiger partial charge in [0.1, 0.15) is 11.6 Å². The molecule has 2 N–H and O–H groups in total. The van der Waals surface area contributed by atoms with Crippen molar-refractivity contribution in [3.63, 3.8) is 0 Å². The first kappa shape index (κ1) is 13.2. The van der Waals surface area contributed by atoms with Gasteiger partial charge in [-0.25, -0.2) is 8.78 Å². The average molecular weight is 312 g/mol. The molecular formula is C14H12BrF2N. The summed E-state index contributed by atoms with van der Waals surface area (Å²) in [6.45, 7) is 0. The van der Waals surface area contributed by atoms with Gasteiger partial charge in [0.25, 0.3) is 0 Å². The standard InChI is InChI=1S/C14H12BrF2N/c15-11-6-3-5-10(14(11)17)13(18)8-9-4-1-2-7-12(9)16/h1-7,13H,8,18H2. The van der Waals surface area contributed by atoms with E-state index in [1.165, 1.54) is 6.07 Å². The van der Waals surface area contributed by atoms with Crippen LogP contribution in [-0.2, 0) is 6.42 Å². The Labute approximate surface area is 113 Å². The largest absolute Gasteiger partial charge is 0.324 e. The SMILES string of the molecule is NC(Cc1ccccc1F)c1cccc(Br)c1F. The Bertz CT molecular complexity index is 557. The van der Waals surface area contributed by atoms with Crippen molar-refractivity contribution in [1.82, 2.24) is 0 Å². The van der Waals surface area contributed by atoms with Gasteiger partial charge < -0.3 is 5.73 Å². The molecule has 2 aromatic rings. The monoisotopic (exact) mass is 311 g/mol. The van der Waals surface area contributed by atoms with E-state index >= 15 is 0 Å². The Balaban J connectivity index is 2.25. The summed E-state index contributed by atoms with van der Waals surface area (Å²) >= 11 is 3.11. The lowest BCUT2D eigenvalue weighted by molar-refractivity contribution is 0.560. The average Bonchev–Trinajstić information content (AvgIpc) is 2.35. The molecule has 0 aromatic heterocycles. The molecule has 1 nitrogen and oxygen atoms in total.